The van der Waals surface area contributed by atoms with Crippen LogP contribution >= 0.6 is 34.0 Å². The van der Waals surface area contributed by atoms with Crippen LogP contribution in [0.2, 0.25) is 0 Å². The van der Waals surface area contributed by atoms with E-state index in [1.165, 1.54) is 22.7 Å². The van der Waals surface area contributed by atoms with Crippen molar-refractivity contribution in [2.24, 2.45) is 0 Å². The Morgan fingerprint density at radius 2 is 2.08 bits per heavy atom. The van der Waals surface area contributed by atoms with Crippen molar-refractivity contribution in [3.8, 4) is 10.6 Å². The molecule has 0 spiro atoms. The van der Waals surface area contributed by atoms with Gasteiger partial charge in [-0.2, -0.15) is 0 Å². The predicted molar refractivity (Wildman–Crippen MR) is 102 cm³/mol. The van der Waals surface area contributed by atoms with Crippen LogP contribution in [0.3, 0.4) is 0 Å². The third-order valence-corrected chi connectivity index (χ3v) is 6.23. The van der Waals surface area contributed by atoms with Crippen LogP contribution in [0.15, 0.2) is 28.3 Å². The Hall–Kier alpha value is -1.65. The van der Waals surface area contributed by atoms with E-state index < -0.39 is 0 Å². The molecule has 1 aliphatic rings. The first-order chi connectivity index (χ1) is 12.3. The smallest absolute Gasteiger partial charge is 0.276 e. The van der Waals surface area contributed by atoms with Gasteiger partial charge in [-0.25, -0.2) is 9.97 Å². The highest BCUT2D eigenvalue weighted by Gasteiger charge is 2.16. The second kappa shape index (κ2) is 7.71. The Balaban J connectivity index is 1.38. The number of nitrogens with one attached hydrogen (secondary N) is 1. The number of hydrogen-bond acceptors (Lipinski definition) is 8. The van der Waals surface area contributed by atoms with Gasteiger partial charge in [-0.1, -0.05) is 6.07 Å². The number of ether oxygens (including phenoxy) is 1. The number of morpholine rings is 1. The summed E-state index contributed by atoms with van der Waals surface area (Å²) < 4.78 is 5.35. The monoisotopic (exact) mass is 392 g/mol. The molecule has 4 rings (SSSR count). The number of rotatable bonds is 5. The number of anilines is 1. The lowest BCUT2D eigenvalue weighted by atomic mass is 10.4. The number of carbonyl (C=O) groups is 1. The number of thiazole rings is 2. The number of nitrogens with zero attached hydrogens (tertiary/aromatic N) is 3. The fourth-order valence-corrected chi connectivity index (χ4v) is 4.75. The van der Waals surface area contributed by atoms with E-state index in [9.17, 15) is 4.79 Å². The summed E-state index contributed by atoms with van der Waals surface area (Å²) in [5.41, 5.74) is 1.34. The first-order valence-electron chi connectivity index (χ1n) is 7.83. The van der Waals surface area contributed by atoms with Crippen molar-refractivity contribution in [1.29, 1.82) is 0 Å². The van der Waals surface area contributed by atoms with E-state index >= 15 is 0 Å². The summed E-state index contributed by atoms with van der Waals surface area (Å²) in [6, 6.07) is 4.01. The molecule has 3 aromatic heterocycles. The first-order valence-corrected chi connectivity index (χ1v) is 10.5. The Kier molecular flexibility index (Phi) is 5.18. The maximum absolute atomic E-state index is 12.4. The molecule has 0 aliphatic carbocycles. The van der Waals surface area contributed by atoms with E-state index in [0.717, 1.165) is 48.4 Å². The van der Waals surface area contributed by atoms with Gasteiger partial charge in [0.05, 0.1) is 30.3 Å². The van der Waals surface area contributed by atoms with Gasteiger partial charge in [0, 0.05) is 23.8 Å². The van der Waals surface area contributed by atoms with Crippen LogP contribution in [-0.4, -0.2) is 47.1 Å². The van der Waals surface area contributed by atoms with Crippen LogP contribution in [0, 0.1) is 0 Å². The van der Waals surface area contributed by atoms with E-state index in [1.54, 1.807) is 16.7 Å². The molecular weight excluding hydrogens is 376 g/mol. The number of thiophene rings is 1. The third-order valence-electron chi connectivity index (χ3n) is 3.75. The number of aromatic nitrogens is 2. The summed E-state index contributed by atoms with van der Waals surface area (Å²) in [6.45, 7) is 4.10. The molecule has 1 fully saturated rings. The highest BCUT2D eigenvalue weighted by molar-refractivity contribution is 7.16. The lowest BCUT2D eigenvalue weighted by molar-refractivity contribution is 0.0341. The molecule has 4 heterocycles. The van der Waals surface area contributed by atoms with Gasteiger partial charge in [-0.05, 0) is 11.4 Å². The van der Waals surface area contributed by atoms with Gasteiger partial charge < -0.3 is 4.74 Å². The summed E-state index contributed by atoms with van der Waals surface area (Å²) in [6.07, 6.45) is 0. The van der Waals surface area contributed by atoms with Crippen molar-refractivity contribution >= 4 is 45.0 Å². The van der Waals surface area contributed by atoms with E-state index in [1.807, 2.05) is 22.9 Å². The molecule has 1 amide bonds. The molecule has 0 bridgehead atoms. The average Bonchev–Trinajstić information content (AvgIpc) is 3.37. The minimum absolute atomic E-state index is 0.212. The summed E-state index contributed by atoms with van der Waals surface area (Å²) >= 11 is 4.57. The lowest BCUT2D eigenvalue weighted by Crippen LogP contribution is -2.35. The SMILES string of the molecule is O=C(Nc1nc(-c2cccs2)cs1)c1csc(CN2CCOCC2)n1. The second-order valence-electron chi connectivity index (χ2n) is 5.48. The first kappa shape index (κ1) is 16.8. The zero-order valence-corrected chi connectivity index (χ0v) is 15.8. The fraction of sp³-hybridized carbons (Fsp3) is 0.312. The van der Waals surface area contributed by atoms with Crippen LogP contribution in [0.5, 0.6) is 0 Å². The molecule has 1 aliphatic heterocycles. The van der Waals surface area contributed by atoms with E-state index in [2.05, 4.69) is 20.2 Å². The van der Waals surface area contributed by atoms with Gasteiger partial charge in [0.15, 0.2) is 5.13 Å². The summed E-state index contributed by atoms with van der Waals surface area (Å²) in [7, 11) is 0. The maximum atomic E-state index is 12.4. The van der Waals surface area contributed by atoms with E-state index in [4.69, 9.17) is 4.74 Å². The van der Waals surface area contributed by atoms with Crippen molar-refractivity contribution in [2.45, 2.75) is 6.54 Å². The summed E-state index contributed by atoms with van der Waals surface area (Å²) in [5, 5.41) is 10.2. The van der Waals surface area contributed by atoms with Crippen LogP contribution in [0.4, 0.5) is 5.13 Å². The average molecular weight is 393 g/mol. The molecule has 3 aromatic rings. The topological polar surface area (TPSA) is 67.4 Å². The summed E-state index contributed by atoms with van der Waals surface area (Å²) in [5.74, 6) is -0.212. The minimum atomic E-state index is -0.212. The minimum Gasteiger partial charge on any atom is -0.379 e. The normalized spacial score (nSPS) is 15.4. The molecule has 25 heavy (non-hydrogen) atoms. The second-order valence-corrected chi connectivity index (χ2v) is 8.23. The molecule has 0 unspecified atom stereocenters. The molecule has 6 nitrogen and oxygen atoms in total. The molecule has 0 aromatic carbocycles. The van der Waals surface area contributed by atoms with Crippen LogP contribution in [-0.2, 0) is 11.3 Å². The Morgan fingerprint density at radius 1 is 1.20 bits per heavy atom. The van der Waals surface area contributed by atoms with Crippen molar-refractivity contribution in [2.75, 3.05) is 31.6 Å². The Morgan fingerprint density at radius 3 is 2.88 bits per heavy atom. The zero-order chi connectivity index (χ0) is 17.1. The van der Waals surface area contributed by atoms with Crippen LogP contribution < -0.4 is 5.32 Å². The Labute approximate surface area is 157 Å². The van der Waals surface area contributed by atoms with Gasteiger partial charge >= 0.3 is 0 Å². The molecule has 0 atom stereocenters. The highest BCUT2D eigenvalue weighted by atomic mass is 32.1. The quantitative estimate of drug-likeness (QED) is 0.721. The Bertz CT molecular complexity index is 837. The molecule has 1 saturated heterocycles. The van der Waals surface area contributed by atoms with Gasteiger partial charge in [0.2, 0.25) is 0 Å². The highest BCUT2D eigenvalue weighted by Crippen LogP contribution is 2.28. The molecule has 0 saturated carbocycles. The van der Waals surface area contributed by atoms with Crippen molar-refractivity contribution < 1.29 is 9.53 Å². The molecule has 9 heteroatoms. The predicted octanol–water partition coefficient (Wildman–Crippen LogP) is 3.41. The van der Waals surface area contributed by atoms with Gasteiger partial charge in [-0.15, -0.1) is 34.0 Å². The molecule has 1 N–H and O–H groups in total. The largest absolute Gasteiger partial charge is 0.379 e. The van der Waals surface area contributed by atoms with Gasteiger partial charge in [0.1, 0.15) is 10.7 Å². The van der Waals surface area contributed by atoms with Crippen molar-refractivity contribution in [3.05, 3.63) is 39.0 Å². The van der Waals surface area contributed by atoms with E-state index in [-0.39, 0.29) is 5.91 Å². The van der Waals surface area contributed by atoms with Crippen molar-refractivity contribution in [1.82, 2.24) is 14.9 Å². The zero-order valence-electron chi connectivity index (χ0n) is 13.3. The molecular formula is C16H16N4O2S3. The third kappa shape index (κ3) is 4.13. The standard InChI is InChI=1S/C16H16N4O2S3/c21-15(19-16-18-11(9-25-16)13-2-1-7-23-13)12-10-24-14(17-12)8-20-3-5-22-6-4-20/h1-2,7,9-10H,3-6,8H2,(H,18,19,21). The van der Waals surface area contributed by atoms with Gasteiger partial charge in [-0.3, -0.25) is 15.0 Å². The number of hydrogen-bond donors (Lipinski definition) is 1. The number of amides is 1. The fourth-order valence-electron chi connectivity index (χ4n) is 2.47. The van der Waals surface area contributed by atoms with Crippen LogP contribution in [0.1, 0.15) is 15.5 Å². The molecule has 130 valence electrons. The maximum Gasteiger partial charge on any atom is 0.276 e. The van der Waals surface area contributed by atoms with Crippen LogP contribution in [0.25, 0.3) is 10.6 Å². The van der Waals surface area contributed by atoms with E-state index in [0.29, 0.717) is 10.8 Å². The van der Waals surface area contributed by atoms with Crippen molar-refractivity contribution in [3.63, 3.8) is 0 Å². The molecule has 0 radical (unpaired) electrons. The lowest BCUT2D eigenvalue weighted by Gasteiger charge is -2.25. The van der Waals surface area contributed by atoms with Gasteiger partial charge in [0.25, 0.3) is 5.91 Å². The summed E-state index contributed by atoms with van der Waals surface area (Å²) in [4.78, 5) is 24.7. The number of carbonyl (C=O) groups excluding carboxylic acids is 1.